The zero-order valence-electron chi connectivity index (χ0n) is 8.86. The van der Waals surface area contributed by atoms with Gasteiger partial charge in [0.1, 0.15) is 0 Å². The Balaban J connectivity index is 2.19. The zero-order chi connectivity index (χ0) is 12.3. The molecule has 1 unspecified atom stereocenters. The number of halogens is 2. The van der Waals surface area contributed by atoms with E-state index in [1.807, 2.05) is 35.7 Å². The van der Waals surface area contributed by atoms with Gasteiger partial charge in [-0.05, 0) is 45.6 Å². The summed E-state index contributed by atoms with van der Waals surface area (Å²) in [7, 11) is 0. The first-order valence-electron chi connectivity index (χ1n) is 5.06. The van der Waals surface area contributed by atoms with Crippen LogP contribution in [-0.4, -0.2) is 11.7 Å². The Morgan fingerprint density at radius 2 is 2.24 bits per heavy atom. The standard InChI is InChI=1S/C12H11BrClNOS/c13-10-4-5-17-12(10)11(7-16)15-9-3-1-2-8(14)6-9/h1-6,11,15-16H,7H2. The molecule has 0 amide bonds. The summed E-state index contributed by atoms with van der Waals surface area (Å²) >= 11 is 11.0. The summed E-state index contributed by atoms with van der Waals surface area (Å²) in [4.78, 5) is 1.08. The maximum absolute atomic E-state index is 9.44. The summed E-state index contributed by atoms with van der Waals surface area (Å²) in [6.45, 7) is 0.0334. The maximum atomic E-state index is 9.44. The van der Waals surface area contributed by atoms with Crippen LogP contribution in [-0.2, 0) is 0 Å². The van der Waals surface area contributed by atoms with Gasteiger partial charge in [-0.2, -0.15) is 0 Å². The van der Waals surface area contributed by atoms with E-state index in [4.69, 9.17) is 11.6 Å². The Labute approximate surface area is 117 Å². The number of rotatable bonds is 4. The van der Waals surface area contributed by atoms with Gasteiger partial charge >= 0.3 is 0 Å². The van der Waals surface area contributed by atoms with E-state index >= 15 is 0 Å². The van der Waals surface area contributed by atoms with Gasteiger partial charge in [0, 0.05) is 20.1 Å². The minimum Gasteiger partial charge on any atom is -0.394 e. The van der Waals surface area contributed by atoms with Gasteiger partial charge in [-0.3, -0.25) is 0 Å². The average Bonchev–Trinajstić information content (AvgIpc) is 2.72. The fraction of sp³-hybridized carbons (Fsp3) is 0.167. The summed E-state index contributed by atoms with van der Waals surface area (Å²) in [5, 5.41) is 15.4. The quantitative estimate of drug-likeness (QED) is 0.874. The smallest absolute Gasteiger partial charge is 0.0849 e. The monoisotopic (exact) mass is 331 g/mol. The van der Waals surface area contributed by atoms with Crippen LogP contribution in [0.3, 0.4) is 0 Å². The molecule has 0 aliphatic heterocycles. The van der Waals surface area contributed by atoms with Crippen LogP contribution in [0.1, 0.15) is 10.9 Å². The number of hydrogen-bond acceptors (Lipinski definition) is 3. The molecule has 1 atom stereocenters. The van der Waals surface area contributed by atoms with Crippen LogP contribution < -0.4 is 5.32 Å². The molecule has 1 aromatic carbocycles. The molecular formula is C12H11BrClNOS. The molecule has 1 aromatic heterocycles. The molecule has 0 radical (unpaired) electrons. The predicted octanol–water partition coefficient (Wildman–Crippen LogP) is 4.31. The lowest BCUT2D eigenvalue weighted by atomic mass is 10.2. The molecule has 17 heavy (non-hydrogen) atoms. The fourth-order valence-corrected chi connectivity index (χ4v) is 3.41. The highest BCUT2D eigenvalue weighted by atomic mass is 79.9. The second kappa shape index (κ2) is 5.87. The third-order valence-corrected chi connectivity index (χ3v) is 4.53. The highest BCUT2D eigenvalue weighted by Crippen LogP contribution is 2.31. The molecule has 0 aliphatic carbocycles. The van der Waals surface area contributed by atoms with Gasteiger partial charge in [-0.1, -0.05) is 17.7 Å². The van der Waals surface area contributed by atoms with E-state index in [-0.39, 0.29) is 12.6 Å². The van der Waals surface area contributed by atoms with E-state index in [1.54, 1.807) is 11.3 Å². The largest absolute Gasteiger partial charge is 0.394 e. The van der Waals surface area contributed by atoms with E-state index in [2.05, 4.69) is 21.2 Å². The topological polar surface area (TPSA) is 32.3 Å². The van der Waals surface area contributed by atoms with Crippen molar-refractivity contribution in [2.75, 3.05) is 11.9 Å². The molecule has 0 fully saturated rings. The summed E-state index contributed by atoms with van der Waals surface area (Å²) in [5.74, 6) is 0. The molecule has 2 rings (SSSR count). The lowest BCUT2D eigenvalue weighted by Crippen LogP contribution is -2.13. The molecule has 0 saturated heterocycles. The van der Waals surface area contributed by atoms with Crippen molar-refractivity contribution in [3.8, 4) is 0 Å². The third-order valence-electron chi connectivity index (χ3n) is 2.31. The van der Waals surface area contributed by atoms with Crippen molar-refractivity contribution in [2.24, 2.45) is 0 Å². The molecule has 2 nitrogen and oxygen atoms in total. The Morgan fingerprint density at radius 1 is 1.41 bits per heavy atom. The van der Waals surface area contributed by atoms with Gasteiger partial charge in [0.25, 0.3) is 0 Å². The average molecular weight is 333 g/mol. The minimum atomic E-state index is -0.122. The van der Waals surface area contributed by atoms with Crippen LogP contribution in [0.5, 0.6) is 0 Å². The van der Waals surface area contributed by atoms with E-state index in [9.17, 15) is 5.11 Å². The Hall–Kier alpha value is -0.550. The van der Waals surface area contributed by atoms with Crippen molar-refractivity contribution in [2.45, 2.75) is 6.04 Å². The summed E-state index contributed by atoms with van der Waals surface area (Å²) in [6, 6.07) is 9.32. The van der Waals surface area contributed by atoms with E-state index in [0.29, 0.717) is 5.02 Å². The van der Waals surface area contributed by atoms with Crippen LogP contribution in [0, 0.1) is 0 Å². The fourth-order valence-electron chi connectivity index (χ4n) is 1.53. The molecule has 0 bridgehead atoms. The van der Waals surface area contributed by atoms with E-state index in [0.717, 1.165) is 15.0 Å². The van der Waals surface area contributed by atoms with Gasteiger partial charge in [-0.15, -0.1) is 11.3 Å². The summed E-state index contributed by atoms with van der Waals surface area (Å²) in [6.07, 6.45) is 0. The van der Waals surface area contributed by atoms with Crippen molar-refractivity contribution >= 4 is 44.6 Å². The van der Waals surface area contributed by atoms with E-state index < -0.39 is 0 Å². The second-order valence-electron chi connectivity index (χ2n) is 3.52. The Kier molecular flexibility index (Phi) is 4.45. The number of aliphatic hydroxyl groups excluding tert-OH is 1. The molecular weight excluding hydrogens is 322 g/mol. The van der Waals surface area contributed by atoms with Crippen molar-refractivity contribution in [1.82, 2.24) is 0 Å². The SMILES string of the molecule is OCC(Nc1cccc(Cl)c1)c1sccc1Br. The third kappa shape index (κ3) is 3.22. The van der Waals surface area contributed by atoms with Crippen LogP contribution in [0.4, 0.5) is 5.69 Å². The molecule has 90 valence electrons. The molecule has 0 saturated carbocycles. The number of hydrogen-bond donors (Lipinski definition) is 2. The number of nitrogens with one attached hydrogen (secondary N) is 1. The van der Waals surface area contributed by atoms with Crippen LogP contribution >= 0.6 is 38.9 Å². The minimum absolute atomic E-state index is 0.0334. The molecule has 1 heterocycles. The van der Waals surface area contributed by atoms with E-state index in [1.165, 1.54) is 0 Å². The number of benzene rings is 1. The second-order valence-corrected chi connectivity index (χ2v) is 5.76. The molecule has 2 N–H and O–H groups in total. The van der Waals surface area contributed by atoms with Crippen LogP contribution in [0.2, 0.25) is 5.02 Å². The number of thiophene rings is 1. The van der Waals surface area contributed by atoms with Crippen molar-refractivity contribution in [3.05, 3.63) is 50.1 Å². The molecule has 2 aromatic rings. The normalized spacial score (nSPS) is 12.4. The molecule has 5 heteroatoms. The van der Waals surface area contributed by atoms with Crippen molar-refractivity contribution < 1.29 is 5.11 Å². The van der Waals surface area contributed by atoms with Crippen LogP contribution in [0.25, 0.3) is 0 Å². The van der Waals surface area contributed by atoms with Gasteiger partial charge in [-0.25, -0.2) is 0 Å². The zero-order valence-corrected chi connectivity index (χ0v) is 12.0. The predicted molar refractivity (Wildman–Crippen MR) is 76.9 cm³/mol. The van der Waals surface area contributed by atoms with Crippen LogP contribution in [0.15, 0.2) is 40.2 Å². The summed E-state index contributed by atoms with van der Waals surface area (Å²) < 4.78 is 1.01. The Morgan fingerprint density at radius 3 is 2.82 bits per heavy atom. The molecule has 0 spiro atoms. The maximum Gasteiger partial charge on any atom is 0.0849 e. The van der Waals surface area contributed by atoms with Crippen molar-refractivity contribution in [3.63, 3.8) is 0 Å². The highest BCUT2D eigenvalue weighted by Gasteiger charge is 2.14. The first kappa shape index (κ1) is 12.9. The first-order valence-corrected chi connectivity index (χ1v) is 7.11. The van der Waals surface area contributed by atoms with Crippen molar-refractivity contribution in [1.29, 1.82) is 0 Å². The number of anilines is 1. The van der Waals surface area contributed by atoms with Gasteiger partial charge in [0.2, 0.25) is 0 Å². The van der Waals surface area contributed by atoms with Gasteiger partial charge in [0.05, 0.1) is 12.6 Å². The molecule has 0 aliphatic rings. The lowest BCUT2D eigenvalue weighted by Gasteiger charge is -2.17. The van der Waals surface area contributed by atoms with Gasteiger partial charge in [0.15, 0.2) is 0 Å². The lowest BCUT2D eigenvalue weighted by molar-refractivity contribution is 0.277. The van der Waals surface area contributed by atoms with Gasteiger partial charge < -0.3 is 10.4 Å². The number of aliphatic hydroxyl groups is 1. The Bertz CT molecular complexity index is 503. The summed E-state index contributed by atoms with van der Waals surface area (Å²) in [5.41, 5.74) is 0.900. The highest BCUT2D eigenvalue weighted by molar-refractivity contribution is 9.10. The first-order chi connectivity index (χ1) is 8.20.